The van der Waals surface area contributed by atoms with Gasteiger partial charge in [-0.05, 0) is 42.2 Å². The van der Waals surface area contributed by atoms with Crippen molar-refractivity contribution in [3.8, 4) is 17.0 Å². The van der Waals surface area contributed by atoms with Gasteiger partial charge in [0.05, 0.1) is 18.4 Å². The van der Waals surface area contributed by atoms with Crippen LogP contribution in [0, 0.1) is 0 Å². The second-order valence-corrected chi connectivity index (χ2v) is 6.32. The lowest BCUT2D eigenvalue weighted by atomic mass is 9.92. The number of hydrogen-bond donors (Lipinski definition) is 2. The van der Waals surface area contributed by atoms with Crippen molar-refractivity contribution in [2.24, 2.45) is 21.2 Å². The van der Waals surface area contributed by atoms with Crippen LogP contribution in [0.15, 0.2) is 33.5 Å². The molecule has 0 amide bonds. The number of carbonyl (C=O) groups is 1. The Labute approximate surface area is 157 Å². The zero-order valence-electron chi connectivity index (χ0n) is 15.7. The number of ether oxygens (including phenoxy) is 1. The van der Waals surface area contributed by atoms with Crippen molar-refractivity contribution in [3.63, 3.8) is 0 Å². The number of benzene rings is 1. The summed E-state index contributed by atoms with van der Waals surface area (Å²) in [6.45, 7) is 2.69. The number of hydrogen-bond acceptors (Lipinski definition) is 5. The highest BCUT2D eigenvalue weighted by atomic mass is 16.5. The number of aryl methyl sites for hydroxylation is 2. The molecule has 0 saturated carbocycles. The minimum absolute atomic E-state index is 0.260. The molecule has 0 unspecified atom stereocenters. The van der Waals surface area contributed by atoms with E-state index in [0.29, 0.717) is 30.0 Å². The molecule has 3 rings (SSSR count). The van der Waals surface area contributed by atoms with Gasteiger partial charge >= 0.3 is 5.97 Å². The standard InChI is InChI=1S/C19H23N5O3/c1-4-5-12-8-15(19(25)26)24-7-6-11-9-16(27-3)14(10-13(11)17(12)24)18(22-20)23-21-2/h8-10H,4-7,20H2,1-3H3,(H,25,26)/b22-18-,23-21?. The van der Waals surface area contributed by atoms with Crippen molar-refractivity contribution >= 4 is 11.8 Å². The predicted octanol–water partition coefficient (Wildman–Crippen LogP) is 3.07. The van der Waals surface area contributed by atoms with Crippen LogP contribution in [0.2, 0.25) is 0 Å². The summed E-state index contributed by atoms with van der Waals surface area (Å²) in [5.41, 5.74) is 4.95. The summed E-state index contributed by atoms with van der Waals surface area (Å²) in [4.78, 5) is 11.7. The van der Waals surface area contributed by atoms with Gasteiger partial charge < -0.3 is 20.3 Å². The summed E-state index contributed by atoms with van der Waals surface area (Å²) in [6.07, 6.45) is 2.44. The Morgan fingerprint density at radius 3 is 2.74 bits per heavy atom. The number of aromatic nitrogens is 1. The first-order valence-corrected chi connectivity index (χ1v) is 8.80. The fourth-order valence-electron chi connectivity index (χ4n) is 3.66. The SMILES string of the molecule is CCCc1cc(C(=O)O)n2c1-c1cc(/C(N=NC)=N/N)c(OC)cc1CC2. The number of rotatable bonds is 5. The van der Waals surface area contributed by atoms with Crippen LogP contribution >= 0.6 is 0 Å². The van der Waals surface area contributed by atoms with E-state index < -0.39 is 5.97 Å². The number of hydrazone groups is 1. The van der Waals surface area contributed by atoms with E-state index >= 15 is 0 Å². The van der Waals surface area contributed by atoms with Gasteiger partial charge in [-0.25, -0.2) is 4.79 Å². The highest BCUT2D eigenvalue weighted by molar-refractivity contribution is 6.03. The van der Waals surface area contributed by atoms with Crippen LogP contribution in [0.3, 0.4) is 0 Å². The summed E-state index contributed by atoms with van der Waals surface area (Å²) in [5.74, 6) is 5.46. The third-order valence-electron chi connectivity index (χ3n) is 4.76. The third kappa shape index (κ3) is 3.18. The normalized spacial score (nSPS) is 13.5. The van der Waals surface area contributed by atoms with Crippen molar-refractivity contribution in [2.75, 3.05) is 14.2 Å². The van der Waals surface area contributed by atoms with Crippen LogP contribution in [0.1, 0.15) is 40.5 Å². The lowest BCUT2D eigenvalue weighted by Gasteiger charge is -2.23. The maximum Gasteiger partial charge on any atom is 0.352 e. The van der Waals surface area contributed by atoms with Crippen molar-refractivity contribution in [1.82, 2.24) is 4.57 Å². The molecule has 1 aromatic carbocycles. The Hall–Kier alpha value is -3.16. The molecule has 0 fully saturated rings. The number of amidine groups is 1. The molecule has 0 aliphatic carbocycles. The lowest BCUT2D eigenvalue weighted by molar-refractivity contribution is 0.0685. The number of nitrogens with two attached hydrogens (primary N) is 1. The van der Waals surface area contributed by atoms with Gasteiger partial charge in [-0.1, -0.05) is 13.3 Å². The van der Waals surface area contributed by atoms with Gasteiger partial charge in [0.1, 0.15) is 11.4 Å². The summed E-state index contributed by atoms with van der Waals surface area (Å²) >= 11 is 0. The van der Waals surface area contributed by atoms with Crippen LogP contribution in [0.4, 0.5) is 0 Å². The monoisotopic (exact) mass is 369 g/mol. The Morgan fingerprint density at radius 1 is 1.37 bits per heavy atom. The molecule has 0 spiro atoms. The van der Waals surface area contributed by atoms with E-state index in [4.69, 9.17) is 10.6 Å². The van der Waals surface area contributed by atoms with Crippen LogP contribution in [0.25, 0.3) is 11.3 Å². The van der Waals surface area contributed by atoms with Gasteiger partial charge in [0.15, 0.2) is 0 Å². The van der Waals surface area contributed by atoms with E-state index in [-0.39, 0.29) is 5.84 Å². The Balaban J connectivity index is 2.28. The molecular formula is C19H23N5O3. The van der Waals surface area contributed by atoms with Gasteiger partial charge in [0.2, 0.25) is 5.84 Å². The molecule has 142 valence electrons. The zero-order valence-corrected chi connectivity index (χ0v) is 15.7. The van der Waals surface area contributed by atoms with Gasteiger partial charge in [-0.3, -0.25) is 0 Å². The number of nitrogens with zero attached hydrogens (tertiary/aromatic N) is 4. The Kier molecular flexibility index (Phi) is 5.25. The molecule has 0 radical (unpaired) electrons. The van der Waals surface area contributed by atoms with Crippen LogP contribution in [-0.4, -0.2) is 35.6 Å². The number of azo groups is 1. The fraction of sp³-hybridized carbons (Fsp3) is 0.368. The van der Waals surface area contributed by atoms with Gasteiger partial charge in [-0.15, -0.1) is 5.11 Å². The van der Waals surface area contributed by atoms with E-state index in [0.717, 1.165) is 35.2 Å². The van der Waals surface area contributed by atoms with Gasteiger partial charge in [0, 0.05) is 19.2 Å². The number of methoxy groups -OCH3 is 1. The fourth-order valence-corrected chi connectivity index (χ4v) is 3.66. The molecule has 1 aliphatic rings. The van der Waals surface area contributed by atoms with Gasteiger partial charge in [0.25, 0.3) is 0 Å². The maximum absolute atomic E-state index is 11.7. The minimum Gasteiger partial charge on any atom is -0.496 e. The van der Waals surface area contributed by atoms with Crippen molar-refractivity contribution in [3.05, 3.63) is 40.6 Å². The largest absolute Gasteiger partial charge is 0.496 e. The van der Waals surface area contributed by atoms with Crippen molar-refractivity contribution in [2.45, 2.75) is 32.7 Å². The molecule has 3 N–H and O–H groups in total. The molecule has 1 aromatic heterocycles. The number of aromatic carboxylic acids is 1. The third-order valence-corrected chi connectivity index (χ3v) is 4.76. The second-order valence-electron chi connectivity index (χ2n) is 6.32. The summed E-state index contributed by atoms with van der Waals surface area (Å²) < 4.78 is 7.39. The average Bonchev–Trinajstić information content (AvgIpc) is 3.04. The molecule has 0 atom stereocenters. The van der Waals surface area contributed by atoms with E-state index in [1.165, 1.54) is 0 Å². The molecule has 1 aliphatic heterocycles. The van der Waals surface area contributed by atoms with Crippen LogP contribution < -0.4 is 10.6 Å². The summed E-state index contributed by atoms with van der Waals surface area (Å²) in [6, 6.07) is 5.65. The molecule has 2 aromatic rings. The Morgan fingerprint density at radius 2 is 2.15 bits per heavy atom. The number of fused-ring (bicyclic) bond motifs is 3. The van der Waals surface area contributed by atoms with Crippen molar-refractivity contribution in [1.29, 1.82) is 0 Å². The quantitative estimate of drug-likeness (QED) is 0.277. The van der Waals surface area contributed by atoms with E-state index in [2.05, 4.69) is 22.3 Å². The topological polar surface area (TPSA) is 115 Å². The van der Waals surface area contributed by atoms with E-state index in [1.54, 1.807) is 20.2 Å². The van der Waals surface area contributed by atoms with Crippen LogP contribution in [-0.2, 0) is 19.4 Å². The molecule has 8 nitrogen and oxygen atoms in total. The zero-order chi connectivity index (χ0) is 19.6. The molecule has 0 bridgehead atoms. The Bertz CT molecular complexity index is 943. The van der Waals surface area contributed by atoms with Gasteiger partial charge in [-0.2, -0.15) is 10.2 Å². The first-order valence-electron chi connectivity index (χ1n) is 8.80. The first kappa shape index (κ1) is 18.6. The summed E-state index contributed by atoms with van der Waals surface area (Å²) in [5, 5.41) is 21.1. The average molecular weight is 369 g/mol. The number of carboxylic acids is 1. The number of carboxylic acid groups (broad SMARTS) is 1. The minimum atomic E-state index is -0.917. The molecule has 8 heteroatoms. The summed E-state index contributed by atoms with van der Waals surface area (Å²) in [7, 11) is 3.12. The lowest BCUT2D eigenvalue weighted by Crippen LogP contribution is -2.17. The predicted molar refractivity (Wildman–Crippen MR) is 103 cm³/mol. The molecular weight excluding hydrogens is 346 g/mol. The van der Waals surface area contributed by atoms with Crippen LogP contribution in [0.5, 0.6) is 5.75 Å². The first-order chi connectivity index (χ1) is 13.0. The van der Waals surface area contributed by atoms with E-state index in [9.17, 15) is 9.90 Å². The second kappa shape index (κ2) is 7.61. The highest BCUT2D eigenvalue weighted by Crippen LogP contribution is 2.39. The molecule has 27 heavy (non-hydrogen) atoms. The highest BCUT2D eigenvalue weighted by Gasteiger charge is 2.27. The molecule has 2 heterocycles. The molecule has 0 saturated heterocycles. The van der Waals surface area contributed by atoms with Crippen molar-refractivity contribution < 1.29 is 14.6 Å². The van der Waals surface area contributed by atoms with E-state index in [1.807, 2.05) is 16.7 Å². The smallest absolute Gasteiger partial charge is 0.352 e. The maximum atomic E-state index is 11.7.